The Balaban J connectivity index is 1.56. The zero-order valence-electron chi connectivity index (χ0n) is 17.0. The van der Waals surface area contributed by atoms with Gasteiger partial charge in [-0.25, -0.2) is 12.8 Å². The van der Waals surface area contributed by atoms with Crippen LogP contribution in [0, 0.1) is 19.7 Å². The van der Waals surface area contributed by atoms with E-state index in [0.29, 0.717) is 19.5 Å². The molecule has 1 fully saturated rings. The summed E-state index contributed by atoms with van der Waals surface area (Å²) in [5, 5.41) is 7.40. The number of sulfone groups is 1. The van der Waals surface area contributed by atoms with Gasteiger partial charge in [-0.1, -0.05) is 12.1 Å². The molecule has 1 N–H and O–H groups in total. The predicted octanol–water partition coefficient (Wildman–Crippen LogP) is 1.75. The lowest BCUT2D eigenvalue weighted by Crippen LogP contribution is -2.34. The summed E-state index contributed by atoms with van der Waals surface area (Å²) in [5.41, 5.74) is 3.65. The van der Waals surface area contributed by atoms with Crippen LogP contribution in [0.4, 0.5) is 4.39 Å². The van der Waals surface area contributed by atoms with Crippen molar-refractivity contribution in [3.63, 3.8) is 0 Å². The number of hydrogen-bond donors (Lipinski definition) is 1. The number of amides is 1. The number of rotatable bonds is 7. The van der Waals surface area contributed by atoms with Gasteiger partial charge >= 0.3 is 0 Å². The summed E-state index contributed by atoms with van der Waals surface area (Å²) < 4.78 is 38.3. The number of likely N-dealkylation sites (N-methyl/N-ethyl adjacent to an activating group) is 1. The highest BCUT2D eigenvalue weighted by molar-refractivity contribution is 7.91. The van der Waals surface area contributed by atoms with Crippen molar-refractivity contribution < 1.29 is 17.6 Å². The molecule has 3 rings (SSSR count). The van der Waals surface area contributed by atoms with Gasteiger partial charge < -0.3 is 5.32 Å². The highest BCUT2D eigenvalue weighted by Crippen LogP contribution is 2.27. The molecular weight excluding hydrogens is 395 g/mol. The smallest absolute Gasteiger partial charge is 0.234 e. The van der Waals surface area contributed by atoms with E-state index in [9.17, 15) is 17.6 Å². The standard InChI is InChI=1S/C20H27FN4O3S/c1-14-19(15(2)25(23-14)18-8-9-29(27,28)13-18)11-24(3)12-20(26)22-10-16-4-6-17(21)7-5-16/h4-7,18H,8-13H2,1-3H3,(H,22,26)/t18-/m0/s1. The number of benzene rings is 1. The van der Waals surface area contributed by atoms with Crippen LogP contribution in [0.15, 0.2) is 24.3 Å². The molecule has 2 aromatic rings. The normalized spacial score (nSPS) is 18.3. The average molecular weight is 423 g/mol. The number of halogens is 1. The molecule has 1 aromatic carbocycles. The van der Waals surface area contributed by atoms with E-state index in [0.717, 1.165) is 22.5 Å². The summed E-state index contributed by atoms with van der Waals surface area (Å²) in [6.45, 7) is 4.96. The lowest BCUT2D eigenvalue weighted by atomic mass is 10.1. The van der Waals surface area contributed by atoms with E-state index < -0.39 is 9.84 Å². The Hall–Kier alpha value is -2.26. The van der Waals surface area contributed by atoms with E-state index in [1.54, 1.807) is 12.1 Å². The van der Waals surface area contributed by atoms with Crippen LogP contribution in [0.3, 0.4) is 0 Å². The van der Waals surface area contributed by atoms with Crippen LogP contribution >= 0.6 is 0 Å². The molecule has 9 heteroatoms. The molecule has 1 aromatic heterocycles. The van der Waals surface area contributed by atoms with Crippen molar-refractivity contribution in [2.24, 2.45) is 0 Å². The molecule has 0 radical (unpaired) electrons. The molecule has 29 heavy (non-hydrogen) atoms. The molecule has 2 heterocycles. The number of carbonyl (C=O) groups is 1. The Labute approximate surface area is 170 Å². The number of hydrogen-bond acceptors (Lipinski definition) is 5. The Morgan fingerprint density at radius 3 is 2.62 bits per heavy atom. The fourth-order valence-electron chi connectivity index (χ4n) is 3.68. The molecule has 0 spiro atoms. The molecule has 1 aliphatic heterocycles. The van der Waals surface area contributed by atoms with Crippen LogP contribution in [0.2, 0.25) is 0 Å². The maximum Gasteiger partial charge on any atom is 0.234 e. The minimum atomic E-state index is -2.98. The molecule has 158 valence electrons. The molecule has 0 bridgehead atoms. The van der Waals surface area contributed by atoms with Crippen molar-refractivity contribution in [1.82, 2.24) is 20.0 Å². The van der Waals surface area contributed by atoms with Crippen molar-refractivity contribution in [3.8, 4) is 0 Å². The first-order valence-corrected chi connectivity index (χ1v) is 11.4. The van der Waals surface area contributed by atoms with Crippen LogP contribution in [-0.2, 0) is 27.7 Å². The van der Waals surface area contributed by atoms with Crippen LogP contribution < -0.4 is 5.32 Å². The molecule has 0 aliphatic carbocycles. The van der Waals surface area contributed by atoms with Gasteiger partial charge in [-0.05, 0) is 45.0 Å². The topological polar surface area (TPSA) is 84.3 Å². The second kappa shape index (κ2) is 8.62. The Kier molecular flexibility index (Phi) is 6.38. The third kappa shape index (κ3) is 5.42. The van der Waals surface area contributed by atoms with Crippen molar-refractivity contribution >= 4 is 15.7 Å². The van der Waals surface area contributed by atoms with Crippen LogP contribution in [0.1, 0.15) is 35.0 Å². The molecular formula is C20H27FN4O3S. The van der Waals surface area contributed by atoms with Crippen LogP contribution in [-0.4, -0.2) is 54.1 Å². The summed E-state index contributed by atoms with van der Waals surface area (Å²) in [6.07, 6.45) is 0.589. The first kappa shape index (κ1) is 21.4. The van der Waals surface area contributed by atoms with Gasteiger partial charge in [0.15, 0.2) is 9.84 Å². The van der Waals surface area contributed by atoms with Gasteiger partial charge in [0.1, 0.15) is 5.82 Å². The fourth-order valence-corrected chi connectivity index (χ4v) is 5.37. The fraction of sp³-hybridized carbons (Fsp3) is 0.500. The second-order valence-corrected chi connectivity index (χ2v) is 9.96. The highest BCUT2D eigenvalue weighted by Gasteiger charge is 2.31. The van der Waals surface area contributed by atoms with Gasteiger partial charge in [0.25, 0.3) is 0 Å². The maximum absolute atomic E-state index is 12.9. The van der Waals surface area contributed by atoms with E-state index >= 15 is 0 Å². The lowest BCUT2D eigenvalue weighted by molar-refractivity contribution is -0.122. The minimum Gasteiger partial charge on any atom is -0.351 e. The molecule has 1 atom stereocenters. The quantitative estimate of drug-likeness (QED) is 0.735. The summed E-state index contributed by atoms with van der Waals surface area (Å²) in [6, 6.07) is 5.91. The highest BCUT2D eigenvalue weighted by atomic mass is 32.2. The zero-order valence-corrected chi connectivity index (χ0v) is 17.8. The first-order valence-electron chi connectivity index (χ1n) is 9.59. The van der Waals surface area contributed by atoms with Gasteiger partial charge in [0.05, 0.1) is 29.8 Å². The van der Waals surface area contributed by atoms with Crippen LogP contribution in [0.5, 0.6) is 0 Å². The largest absolute Gasteiger partial charge is 0.351 e. The monoisotopic (exact) mass is 422 g/mol. The van der Waals surface area contributed by atoms with Gasteiger partial charge in [-0.15, -0.1) is 0 Å². The number of aromatic nitrogens is 2. The number of nitrogens with one attached hydrogen (secondary N) is 1. The van der Waals surface area contributed by atoms with E-state index in [-0.39, 0.29) is 35.8 Å². The van der Waals surface area contributed by atoms with Crippen molar-refractivity contribution in [1.29, 1.82) is 0 Å². The molecule has 0 unspecified atom stereocenters. The zero-order chi connectivity index (χ0) is 21.2. The molecule has 1 aliphatic rings. The van der Waals surface area contributed by atoms with Crippen molar-refractivity contribution in [2.45, 2.75) is 39.4 Å². The van der Waals surface area contributed by atoms with Gasteiger partial charge in [0, 0.05) is 24.3 Å². The Bertz CT molecular complexity index is 986. The molecule has 1 amide bonds. The van der Waals surface area contributed by atoms with Gasteiger partial charge in [-0.3, -0.25) is 14.4 Å². The summed E-state index contributed by atoms with van der Waals surface area (Å²) in [4.78, 5) is 14.1. The van der Waals surface area contributed by atoms with Gasteiger partial charge in [-0.2, -0.15) is 5.10 Å². The number of aryl methyl sites for hydroxylation is 1. The summed E-state index contributed by atoms with van der Waals surface area (Å²) >= 11 is 0. The summed E-state index contributed by atoms with van der Waals surface area (Å²) in [5.74, 6) is -0.0853. The number of nitrogens with zero attached hydrogens (tertiary/aromatic N) is 3. The average Bonchev–Trinajstić information content (AvgIpc) is 3.14. The second-order valence-electron chi connectivity index (χ2n) is 7.73. The Morgan fingerprint density at radius 2 is 2.00 bits per heavy atom. The third-order valence-corrected chi connectivity index (χ3v) is 7.02. The van der Waals surface area contributed by atoms with E-state index in [1.807, 2.05) is 30.5 Å². The molecule has 1 saturated heterocycles. The Morgan fingerprint density at radius 1 is 1.31 bits per heavy atom. The summed E-state index contributed by atoms with van der Waals surface area (Å²) in [7, 11) is -1.12. The van der Waals surface area contributed by atoms with Crippen LogP contribution in [0.25, 0.3) is 0 Å². The van der Waals surface area contributed by atoms with E-state index in [1.165, 1.54) is 12.1 Å². The van der Waals surface area contributed by atoms with Crippen molar-refractivity contribution in [2.75, 3.05) is 25.1 Å². The van der Waals surface area contributed by atoms with E-state index in [2.05, 4.69) is 10.4 Å². The minimum absolute atomic E-state index is 0.114. The number of carbonyl (C=O) groups excluding carboxylic acids is 1. The third-order valence-electron chi connectivity index (χ3n) is 5.27. The SMILES string of the molecule is Cc1nn([C@H]2CCS(=O)(=O)C2)c(C)c1CN(C)CC(=O)NCc1ccc(F)cc1. The van der Waals surface area contributed by atoms with Crippen molar-refractivity contribution in [3.05, 3.63) is 52.6 Å². The van der Waals surface area contributed by atoms with Gasteiger partial charge in [0.2, 0.25) is 5.91 Å². The predicted molar refractivity (Wildman–Crippen MR) is 109 cm³/mol. The first-order chi connectivity index (χ1) is 13.6. The lowest BCUT2D eigenvalue weighted by Gasteiger charge is -2.17. The molecule has 0 saturated carbocycles. The maximum atomic E-state index is 12.9. The molecule has 7 nitrogen and oxygen atoms in total. The van der Waals surface area contributed by atoms with E-state index in [4.69, 9.17) is 0 Å².